The van der Waals surface area contributed by atoms with E-state index >= 15 is 0 Å². The first-order valence-electron chi connectivity index (χ1n) is 6.41. The summed E-state index contributed by atoms with van der Waals surface area (Å²) in [4.78, 5) is 14.4. The zero-order valence-corrected chi connectivity index (χ0v) is 12.5. The van der Waals surface area contributed by atoms with Crippen LogP contribution in [0, 0.1) is 0 Å². The van der Waals surface area contributed by atoms with E-state index in [1.54, 1.807) is 12.1 Å². The fourth-order valence-corrected chi connectivity index (χ4v) is 3.20. The molecule has 0 unspecified atom stereocenters. The Morgan fingerprint density at radius 1 is 1.25 bits per heavy atom. The summed E-state index contributed by atoms with van der Waals surface area (Å²) in [5.74, 6) is 1.10. The molecule has 1 aliphatic rings. The highest BCUT2D eigenvalue weighted by Gasteiger charge is 2.20. The summed E-state index contributed by atoms with van der Waals surface area (Å²) in [5, 5.41) is 0.394. The van der Waals surface area contributed by atoms with Crippen LogP contribution in [0.2, 0.25) is 5.02 Å². The van der Waals surface area contributed by atoms with Crippen LogP contribution < -0.4 is 9.47 Å². The van der Waals surface area contributed by atoms with Gasteiger partial charge < -0.3 is 9.47 Å². The molecule has 1 aliphatic heterocycles. The minimum atomic E-state index is -0.0725. The molecule has 0 bridgehead atoms. The second-order valence-electron chi connectivity index (χ2n) is 4.42. The number of hydrogen-bond donors (Lipinski definition) is 0. The van der Waals surface area contributed by atoms with Crippen molar-refractivity contribution in [2.75, 3.05) is 13.2 Å². The number of ketones is 1. The lowest BCUT2D eigenvalue weighted by Crippen LogP contribution is -2.16. The molecule has 5 heteroatoms. The van der Waals surface area contributed by atoms with E-state index in [1.807, 2.05) is 12.1 Å². The third kappa shape index (κ3) is 2.41. The van der Waals surface area contributed by atoms with E-state index in [2.05, 4.69) is 6.92 Å². The van der Waals surface area contributed by atoms with Gasteiger partial charge in [0.1, 0.15) is 13.2 Å². The van der Waals surface area contributed by atoms with Crippen molar-refractivity contribution in [1.29, 1.82) is 0 Å². The lowest BCUT2D eigenvalue weighted by atomic mass is 10.1. The number of thiophene rings is 1. The number of halogens is 1. The molecular weight excluding hydrogens is 296 g/mol. The molecule has 0 N–H and O–H groups in total. The summed E-state index contributed by atoms with van der Waals surface area (Å²) in [6, 6.07) is 7.14. The van der Waals surface area contributed by atoms with Crippen LogP contribution in [-0.2, 0) is 6.42 Å². The van der Waals surface area contributed by atoms with Gasteiger partial charge in [0.2, 0.25) is 5.78 Å². The fraction of sp³-hybridized carbons (Fsp3) is 0.267. The highest BCUT2D eigenvalue weighted by molar-refractivity contribution is 7.14. The van der Waals surface area contributed by atoms with Crippen LogP contribution in [0.3, 0.4) is 0 Å². The number of hydrogen-bond acceptors (Lipinski definition) is 4. The number of fused-ring (bicyclic) bond motifs is 1. The number of benzene rings is 1. The van der Waals surface area contributed by atoms with Gasteiger partial charge in [-0.2, -0.15) is 0 Å². The van der Waals surface area contributed by atoms with E-state index in [4.69, 9.17) is 21.1 Å². The van der Waals surface area contributed by atoms with Gasteiger partial charge in [-0.25, -0.2) is 0 Å². The highest BCUT2D eigenvalue weighted by Crippen LogP contribution is 2.36. The van der Waals surface area contributed by atoms with Crippen LogP contribution in [0.15, 0.2) is 24.3 Å². The molecule has 0 saturated heterocycles. The van der Waals surface area contributed by atoms with Crippen LogP contribution >= 0.6 is 22.9 Å². The number of carbonyl (C=O) groups excluding carboxylic acids is 1. The molecule has 2 heterocycles. The smallest absolute Gasteiger partial charge is 0.204 e. The first-order valence-corrected chi connectivity index (χ1v) is 7.61. The summed E-state index contributed by atoms with van der Waals surface area (Å²) < 4.78 is 10.9. The SMILES string of the molecule is CCc1ccc(C(=O)c2cc3c(cc2Cl)OCCO3)s1. The van der Waals surface area contributed by atoms with Gasteiger partial charge in [0.05, 0.1) is 9.90 Å². The monoisotopic (exact) mass is 308 g/mol. The Bertz CT molecular complexity index is 663. The molecule has 0 spiro atoms. The lowest BCUT2D eigenvalue weighted by Gasteiger charge is -2.19. The largest absolute Gasteiger partial charge is 0.486 e. The number of carbonyl (C=O) groups is 1. The van der Waals surface area contributed by atoms with Gasteiger partial charge in [0.25, 0.3) is 0 Å². The average Bonchev–Trinajstić information content (AvgIpc) is 2.94. The zero-order valence-electron chi connectivity index (χ0n) is 10.9. The summed E-state index contributed by atoms with van der Waals surface area (Å²) >= 11 is 7.70. The van der Waals surface area contributed by atoms with Crippen LogP contribution in [0.1, 0.15) is 27.0 Å². The van der Waals surface area contributed by atoms with Crippen molar-refractivity contribution in [3.63, 3.8) is 0 Å². The van der Waals surface area contributed by atoms with Crippen molar-refractivity contribution in [2.45, 2.75) is 13.3 Å². The Kier molecular flexibility index (Phi) is 3.68. The molecule has 0 aliphatic carbocycles. The molecule has 0 atom stereocenters. The maximum atomic E-state index is 12.5. The summed E-state index contributed by atoms with van der Waals surface area (Å²) in [6.07, 6.45) is 0.923. The zero-order chi connectivity index (χ0) is 14.1. The lowest BCUT2D eigenvalue weighted by molar-refractivity contribution is 0.104. The van der Waals surface area contributed by atoms with Crippen molar-refractivity contribution < 1.29 is 14.3 Å². The van der Waals surface area contributed by atoms with Gasteiger partial charge >= 0.3 is 0 Å². The molecule has 0 fully saturated rings. The van der Waals surface area contributed by atoms with Crippen LogP contribution in [-0.4, -0.2) is 19.0 Å². The third-order valence-corrected chi connectivity index (χ3v) is 4.65. The third-order valence-electron chi connectivity index (χ3n) is 3.11. The van der Waals surface area contributed by atoms with Gasteiger partial charge in [-0.1, -0.05) is 18.5 Å². The first-order chi connectivity index (χ1) is 9.69. The molecule has 1 aromatic heterocycles. The molecule has 0 amide bonds. The average molecular weight is 309 g/mol. The van der Waals surface area contributed by atoms with Gasteiger partial charge in [0.15, 0.2) is 11.5 Å². The molecule has 3 nitrogen and oxygen atoms in total. The summed E-state index contributed by atoms with van der Waals surface area (Å²) in [5.41, 5.74) is 0.459. The van der Waals surface area contributed by atoms with Gasteiger partial charge in [-0.05, 0) is 24.6 Å². The second-order valence-corrected chi connectivity index (χ2v) is 6.00. The van der Waals surface area contributed by atoms with Gasteiger partial charge in [-0.15, -0.1) is 11.3 Å². The van der Waals surface area contributed by atoms with E-state index in [0.717, 1.165) is 6.42 Å². The number of ether oxygens (including phenoxy) is 2. The quantitative estimate of drug-likeness (QED) is 0.805. The molecule has 20 heavy (non-hydrogen) atoms. The Morgan fingerprint density at radius 3 is 2.60 bits per heavy atom. The molecule has 3 rings (SSSR count). The molecule has 104 valence electrons. The van der Waals surface area contributed by atoms with Crippen molar-refractivity contribution >= 4 is 28.7 Å². The second kappa shape index (κ2) is 5.46. The Morgan fingerprint density at radius 2 is 1.95 bits per heavy atom. The van der Waals surface area contributed by atoms with E-state index in [9.17, 15) is 4.79 Å². The topological polar surface area (TPSA) is 35.5 Å². The van der Waals surface area contributed by atoms with Crippen molar-refractivity contribution in [2.24, 2.45) is 0 Å². The molecule has 2 aromatic rings. The Labute approximate surface area is 126 Å². The van der Waals surface area contributed by atoms with Crippen LogP contribution in [0.25, 0.3) is 0 Å². The summed E-state index contributed by atoms with van der Waals surface area (Å²) in [7, 11) is 0. The Balaban J connectivity index is 1.98. The van der Waals surface area contributed by atoms with Crippen LogP contribution in [0.4, 0.5) is 0 Å². The van der Waals surface area contributed by atoms with Crippen molar-refractivity contribution in [1.82, 2.24) is 0 Å². The van der Waals surface area contributed by atoms with Gasteiger partial charge in [0, 0.05) is 16.5 Å². The minimum absolute atomic E-state index is 0.0725. The molecule has 0 radical (unpaired) electrons. The van der Waals surface area contributed by atoms with E-state index in [1.165, 1.54) is 16.2 Å². The first kappa shape index (κ1) is 13.5. The van der Waals surface area contributed by atoms with E-state index in [0.29, 0.717) is 40.2 Å². The fourth-order valence-electron chi connectivity index (χ4n) is 2.06. The van der Waals surface area contributed by atoms with Crippen molar-refractivity contribution in [3.8, 4) is 11.5 Å². The Hall–Kier alpha value is -1.52. The number of rotatable bonds is 3. The van der Waals surface area contributed by atoms with Crippen molar-refractivity contribution in [3.05, 3.63) is 44.6 Å². The predicted molar refractivity (Wildman–Crippen MR) is 79.6 cm³/mol. The minimum Gasteiger partial charge on any atom is -0.486 e. The normalized spacial score (nSPS) is 13.3. The maximum absolute atomic E-state index is 12.5. The maximum Gasteiger partial charge on any atom is 0.204 e. The van der Waals surface area contributed by atoms with Gasteiger partial charge in [-0.3, -0.25) is 4.79 Å². The molecule has 1 aromatic carbocycles. The predicted octanol–water partition coefficient (Wildman–Crippen LogP) is 3.97. The van der Waals surface area contributed by atoms with Crippen LogP contribution in [0.5, 0.6) is 11.5 Å². The standard InChI is InChI=1S/C15H13ClO3S/c1-2-9-3-4-14(20-9)15(17)10-7-12-13(8-11(10)16)19-6-5-18-12/h3-4,7-8H,2,5-6H2,1H3. The van der Waals surface area contributed by atoms with E-state index < -0.39 is 0 Å². The van der Waals surface area contributed by atoms with E-state index in [-0.39, 0.29) is 5.78 Å². The summed E-state index contributed by atoms with van der Waals surface area (Å²) in [6.45, 7) is 3.06. The number of aryl methyl sites for hydroxylation is 1. The highest BCUT2D eigenvalue weighted by atomic mass is 35.5. The molecular formula is C15H13ClO3S. The molecule has 0 saturated carbocycles.